The highest BCUT2D eigenvalue weighted by molar-refractivity contribution is 6.30. The van der Waals surface area contributed by atoms with Crippen LogP contribution >= 0.6 is 11.6 Å². The van der Waals surface area contributed by atoms with Crippen LogP contribution < -0.4 is 10.1 Å². The van der Waals surface area contributed by atoms with E-state index in [0.29, 0.717) is 10.8 Å². The highest BCUT2D eigenvalue weighted by Crippen LogP contribution is 2.28. The third-order valence-corrected chi connectivity index (χ3v) is 3.62. The van der Waals surface area contributed by atoms with Gasteiger partial charge in [0.25, 0.3) is 0 Å². The third kappa shape index (κ3) is 4.19. The molecule has 112 valence electrons. The second-order valence-corrected chi connectivity index (χ2v) is 5.26. The first-order valence-corrected chi connectivity index (χ1v) is 7.33. The Balaban J connectivity index is 2.30. The molecule has 0 saturated heterocycles. The summed E-state index contributed by atoms with van der Waals surface area (Å²) in [5.74, 6) is 0.432. The molecule has 1 unspecified atom stereocenters. The number of nitrogens with one attached hydrogen (secondary N) is 1. The van der Waals surface area contributed by atoms with E-state index in [2.05, 4.69) is 5.32 Å². The molecule has 0 radical (unpaired) electrons. The fourth-order valence-corrected chi connectivity index (χ4v) is 2.50. The molecule has 2 nitrogen and oxygen atoms in total. The van der Waals surface area contributed by atoms with E-state index in [1.807, 2.05) is 31.2 Å². The van der Waals surface area contributed by atoms with Gasteiger partial charge < -0.3 is 10.1 Å². The molecule has 1 N–H and O–H groups in total. The van der Waals surface area contributed by atoms with E-state index in [9.17, 15) is 4.39 Å². The first-order valence-electron chi connectivity index (χ1n) is 6.95. The van der Waals surface area contributed by atoms with Crippen LogP contribution in [0.3, 0.4) is 0 Å². The number of rotatable bonds is 6. The first-order chi connectivity index (χ1) is 10.1. The van der Waals surface area contributed by atoms with Gasteiger partial charge in [-0.2, -0.15) is 0 Å². The van der Waals surface area contributed by atoms with Crippen LogP contribution in [0.25, 0.3) is 0 Å². The van der Waals surface area contributed by atoms with Crippen molar-refractivity contribution < 1.29 is 9.13 Å². The molecule has 0 fully saturated rings. The van der Waals surface area contributed by atoms with E-state index in [4.69, 9.17) is 16.3 Å². The lowest BCUT2D eigenvalue weighted by Gasteiger charge is -2.21. The Hall–Kier alpha value is -1.58. The zero-order valence-electron chi connectivity index (χ0n) is 12.2. The molecule has 0 aliphatic carbocycles. The lowest BCUT2D eigenvalue weighted by atomic mass is 9.98. The van der Waals surface area contributed by atoms with E-state index >= 15 is 0 Å². The lowest BCUT2D eigenvalue weighted by molar-refractivity contribution is 0.397. The maximum absolute atomic E-state index is 13.6. The summed E-state index contributed by atoms with van der Waals surface area (Å²) in [5, 5.41) is 4.09. The van der Waals surface area contributed by atoms with Crippen LogP contribution in [-0.2, 0) is 6.42 Å². The van der Waals surface area contributed by atoms with Crippen molar-refractivity contribution in [1.29, 1.82) is 0 Å². The molecule has 0 bridgehead atoms. The van der Waals surface area contributed by atoms with E-state index < -0.39 is 0 Å². The summed E-state index contributed by atoms with van der Waals surface area (Å²) >= 11 is 5.91. The Bertz CT molecular complexity index is 586. The predicted molar refractivity (Wildman–Crippen MR) is 84.5 cm³/mol. The molecule has 0 saturated carbocycles. The molecule has 21 heavy (non-hydrogen) atoms. The van der Waals surface area contributed by atoms with Gasteiger partial charge >= 0.3 is 0 Å². The highest BCUT2D eigenvalue weighted by Gasteiger charge is 2.16. The topological polar surface area (TPSA) is 21.3 Å². The zero-order chi connectivity index (χ0) is 15.2. The van der Waals surface area contributed by atoms with Gasteiger partial charge in [-0.15, -0.1) is 0 Å². The maximum Gasteiger partial charge on any atom is 0.123 e. The van der Waals surface area contributed by atoms with Gasteiger partial charge in [-0.3, -0.25) is 0 Å². The van der Waals surface area contributed by atoms with Crippen molar-refractivity contribution in [1.82, 2.24) is 5.32 Å². The summed E-state index contributed by atoms with van der Waals surface area (Å²) in [4.78, 5) is 0. The number of ether oxygens (including phenoxy) is 1. The normalized spacial score (nSPS) is 12.2. The predicted octanol–water partition coefficient (Wildman–Crippen LogP) is 4.38. The summed E-state index contributed by atoms with van der Waals surface area (Å²) in [5.41, 5.74) is 1.96. The van der Waals surface area contributed by atoms with Gasteiger partial charge in [-0.25, -0.2) is 4.39 Å². The van der Waals surface area contributed by atoms with Gasteiger partial charge in [0.15, 0.2) is 0 Å². The summed E-state index contributed by atoms with van der Waals surface area (Å²) < 4.78 is 18.9. The molecular weight excluding hydrogens is 289 g/mol. The first kappa shape index (κ1) is 15.8. The van der Waals surface area contributed by atoms with Crippen LogP contribution in [0, 0.1) is 5.82 Å². The number of benzene rings is 2. The minimum atomic E-state index is -0.259. The van der Waals surface area contributed by atoms with Crippen LogP contribution in [-0.4, -0.2) is 13.7 Å². The Morgan fingerprint density at radius 2 is 1.90 bits per heavy atom. The monoisotopic (exact) mass is 307 g/mol. The molecule has 0 aliphatic rings. The van der Waals surface area contributed by atoms with Gasteiger partial charge in [0.05, 0.1) is 7.11 Å². The SMILES string of the molecule is CCNC(Cc1ccc(Cl)cc1)c1cc(F)ccc1OC. The van der Waals surface area contributed by atoms with Gasteiger partial charge in [-0.05, 0) is 48.9 Å². The quantitative estimate of drug-likeness (QED) is 0.855. The molecule has 0 heterocycles. The second kappa shape index (κ2) is 7.43. The van der Waals surface area contributed by atoms with Crippen molar-refractivity contribution in [2.75, 3.05) is 13.7 Å². The molecule has 2 aromatic carbocycles. The number of hydrogen-bond acceptors (Lipinski definition) is 2. The van der Waals surface area contributed by atoms with E-state index in [0.717, 1.165) is 24.1 Å². The van der Waals surface area contributed by atoms with E-state index in [1.54, 1.807) is 13.2 Å². The number of hydrogen-bond donors (Lipinski definition) is 1. The molecule has 0 aromatic heterocycles. The Morgan fingerprint density at radius 1 is 1.19 bits per heavy atom. The Kier molecular flexibility index (Phi) is 5.59. The fourth-order valence-electron chi connectivity index (χ4n) is 2.37. The molecule has 2 aromatic rings. The van der Waals surface area contributed by atoms with Crippen molar-refractivity contribution in [3.05, 3.63) is 64.4 Å². The minimum Gasteiger partial charge on any atom is -0.496 e. The van der Waals surface area contributed by atoms with E-state index in [1.165, 1.54) is 12.1 Å². The largest absolute Gasteiger partial charge is 0.496 e. The maximum atomic E-state index is 13.6. The van der Waals surface area contributed by atoms with Gasteiger partial charge in [0.2, 0.25) is 0 Å². The smallest absolute Gasteiger partial charge is 0.123 e. The molecular formula is C17H19ClFNO. The summed E-state index contributed by atoms with van der Waals surface area (Å²) in [7, 11) is 1.60. The Labute approximate surface area is 129 Å². The van der Waals surface area contributed by atoms with Crippen molar-refractivity contribution in [2.24, 2.45) is 0 Å². The second-order valence-electron chi connectivity index (χ2n) is 4.83. The molecule has 0 spiro atoms. The molecule has 4 heteroatoms. The standard InChI is InChI=1S/C17H19ClFNO/c1-3-20-16(10-12-4-6-13(18)7-5-12)15-11-14(19)8-9-17(15)21-2/h4-9,11,16,20H,3,10H2,1-2H3. The van der Waals surface area contributed by atoms with Crippen molar-refractivity contribution in [3.8, 4) is 5.75 Å². The van der Waals surface area contributed by atoms with Crippen molar-refractivity contribution >= 4 is 11.6 Å². The molecule has 2 rings (SSSR count). The average Bonchev–Trinajstić information content (AvgIpc) is 2.49. The van der Waals surface area contributed by atoms with Crippen molar-refractivity contribution in [3.63, 3.8) is 0 Å². The minimum absolute atomic E-state index is 0.0122. The van der Waals surface area contributed by atoms with Crippen LogP contribution in [0.5, 0.6) is 5.75 Å². The van der Waals surface area contributed by atoms with Gasteiger partial charge in [0.1, 0.15) is 11.6 Å². The molecule has 0 aliphatic heterocycles. The number of methoxy groups -OCH3 is 1. The number of halogens is 2. The van der Waals surface area contributed by atoms with E-state index in [-0.39, 0.29) is 11.9 Å². The van der Waals surface area contributed by atoms with Crippen LogP contribution in [0.4, 0.5) is 4.39 Å². The summed E-state index contributed by atoms with van der Waals surface area (Å²) in [6.45, 7) is 2.82. The summed E-state index contributed by atoms with van der Waals surface area (Å²) in [6.07, 6.45) is 0.741. The highest BCUT2D eigenvalue weighted by atomic mass is 35.5. The van der Waals surface area contributed by atoms with Crippen LogP contribution in [0.1, 0.15) is 24.1 Å². The fraction of sp³-hybridized carbons (Fsp3) is 0.294. The lowest BCUT2D eigenvalue weighted by Crippen LogP contribution is -2.23. The number of likely N-dealkylation sites (N-methyl/N-ethyl adjacent to an activating group) is 1. The van der Waals surface area contributed by atoms with Gasteiger partial charge in [-0.1, -0.05) is 30.7 Å². The third-order valence-electron chi connectivity index (χ3n) is 3.37. The van der Waals surface area contributed by atoms with Crippen LogP contribution in [0.2, 0.25) is 5.02 Å². The Morgan fingerprint density at radius 3 is 2.52 bits per heavy atom. The molecule has 0 amide bonds. The van der Waals surface area contributed by atoms with Gasteiger partial charge in [0, 0.05) is 16.6 Å². The average molecular weight is 308 g/mol. The van der Waals surface area contributed by atoms with Crippen LogP contribution in [0.15, 0.2) is 42.5 Å². The molecule has 1 atom stereocenters. The zero-order valence-corrected chi connectivity index (χ0v) is 13.0. The summed E-state index contributed by atoms with van der Waals surface area (Å²) in [6, 6.07) is 12.3. The van der Waals surface area contributed by atoms with Crippen molar-refractivity contribution in [2.45, 2.75) is 19.4 Å².